The summed E-state index contributed by atoms with van der Waals surface area (Å²) in [7, 11) is 3.71. The highest BCUT2D eigenvalue weighted by atomic mass is 16.5. The smallest absolute Gasteiger partial charge is 0.253 e. The van der Waals surface area contributed by atoms with Crippen molar-refractivity contribution in [2.75, 3.05) is 20.2 Å². The molecular formula is C21H23N3O2. The molecule has 134 valence electrons. The number of imidazole rings is 1. The maximum absolute atomic E-state index is 12.7. The van der Waals surface area contributed by atoms with Crippen LogP contribution in [0.5, 0.6) is 5.75 Å². The number of aromatic nitrogens is 2. The molecule has 1 aliphatic rings. The third-order valence-electron chi connectivity index (χ3n) is 5.31. The van der Waals surface area contributed by atoms with Crippen LogP contribution >= 0.6 is 0 Å². The van der Waals surface area contributed by atoms with Crippen LogP contribution in [0.15, 0.2) is 48.5 Å². The van der Waals surface area contributed by atoms with Gasteiger partial charge in [-0.25, -0.2) is 4.98 Å². The van der Waals surface area contributed by atoms with Gasteiger partial charge in [0.05, 0.1) is 18.1 Å². The van der Waals surface area contributed by atoms with Crippen molar-refractivity contribution in [3.8, 4) is 5.75 Å². The molecule has 0 saturated carbocycles. The van der Waals surface area contributed by atoms with Crippen molar-refractivity contribution >= 4 is 16.9 Å². The lowest BCUT2D eigenvalue weighted by Crippen LogP contribution is -2.38. The fraction of sp³-hybridized carbons (Fsp3) is 0.333. The quantitative estimate of drug-likeness (QED) is 0.726. The Balaban J connectivity index is 1.46. The average molecular weight is 349 g/mol. The normalized spacial score (nSPS) is 15.4. The first-order valence-electron chi connectivity index (χ1n) is 9.02. The van der Waals surface area contributed by atoms with Gasteiger partial charge in [-0.2, -0.15) is 0 Å². The number of aryl methyl sites for hydroxylation is 1. The number of carbonyl (C=O) groups is 1. The highest BCUT2D eigenvalue weighted by Gasteiger charge is 2.27. The highest BCUT2D eigenvalue weighted by Crippen LogP contribution is 2.30. The first-order chi connectivity index (χ1) is 12.7. The number of methoxy groups -OCH3 is 1. The number of hydrogen-bond donors (Lipinski definition) is 0. The topological polar surface area (TPSA) is 47.4 Å². The molecule has 0 spiro atoms. The summed E-state index contributed by atoms with van der Waals surface area (Å²) in [6.45, 7) is 1.53. The molecule has 2 aromatic carbocycles. The summed E-state index contributed by atoms with van der Waals surface area (Å²) in [6.07, 6.45) is 1.89. The summed E-state index contributed by atoms with van der Waals surface area (Å²) < 4.78 is 7.35. The van der Waals surface area contributed by atoms with Gasteiger partial charge in [0.15, 0.2) is 0 Å². The standard InChI is InChI=1S/C21H23N3O2/c1-23-19-6-4-3-5-18(19)22-20(23)15-11-13-24(14-12-15)21(25)16-7-9-17(26-2)10-8-16/h3-10,15H,11-14H2,1-2H3. The molecule has 1 aliphatic heterocycles. The van der Waals surface area contributed by atoms with Crippen LogP contribution in [0.25, 0.3) is 11.0 Å². The van der Waals surface area contributed by atoms with E-state index in [0.29, 0.717) is 11.5 Å². The van der Waals surface area contributed by atoms with Gasteiger partial charge in [-0.15, -0.1) is 0 Å². The highest BCUT2D eigenvalue weighted by molar-refractivity contribution is 5.94. The molecule has 1 amide bonds. The Bertz CT molecular complexity index is 922. The summed E-state index contributed by atoms with van der Waals surface area (Å²) in [6, 6.07) is 15.6. The van der Waals surface area contributed by atoms with Gasteiger partial charge >= 0.3 is 0 Å². The minimum absolute atomic E-state index is 0.0936. The number of rotatable bonds is 3. The Kier molecular flexibility index (Phi) is 4.37. The van der Waals surface area contributed by atoms with E-state index in [-0.39, 0.29) is 5.91 Å². The van der Waals surface area contributed by atoms with Crippen molar-refractivity contribution in [3.05, 3.63) is 59.9 Å². The van der Waals surface area contributed by atoms with Gasteiger partial charge in [0.1, 0.15) is 11.6 Å². The summed E-state index contributed by atoms with van der Waals surface area (Å²) >= 11 is 0. The predicted octanol–water partition coefficient (Wildman–Crippen LogP) is 3.60. The molecular weight excluding hydrogens is 326 g/mol. The SMILES string of the molecule is COc1ccc(C(=O)N2CCC(c3nc4ccccc4n3C)CC2)cc1. The van der Waals surface area contributed by atoms with E-state index in [1.165, 1.54) is 5.52 Å². The average Bonchev–Trinajstić information content (AvgIpc) is 3.04. The van der Waals surface area contributed by atoms with E-state index in [1.54, 1.807) is 7.11 Å². The van der Waals surface area contributed by atoms with Crippen molar-refractivity contribution in [1.82, 2.24) is 14.5 Å². The van der Waals surface area contributed by atoms with Crippen molar-refractivity contribution in [2.45, 2.75) is 18.8 Å². The second-order valence-electron chi connectivity index (χ2n) is 6.81. The molecule has 5 heteroatoms. The van der Waals surface area contributed by atoms with Crippen molar-refractivity contribution in [1.29, 1.82) is 0 Å². The molecule has 0 N–H and O–H groups in total. The van der Waals surface area contributed by atoms with E-state index < -0.39 is 0 Å². The number of nitrogens with zero attached hydrogens (tertiary/aromatic N) is 3. The molecule has 1 fully saturated rings. The molecule has 26 heavy (non-hydrogen) atoms. The summed E-state index contributed by atoms with van der Waals surface area (Å²) in [5.74, 6) is 2.38. The molecule has 0 radical (unpaired) electrons. The van der Waals surface area contributed by atoms with Gasteiger partial charge < -0.3 is 14.2 Å². The number of ether oxygens (including phenoxy) is 1. The molecule has 4 rings (SSSR count). The van der Waals surface area contributed by atoms with Crippen LogP contribution in [0, 0.1) is 0 Å². The van der Waals surface area contributed by atoms with Crippen LogP contribution in [0.3, 0.4) is 0 Å². The Labute approximate surface area is 153 Å². The van der Waals surface area contributed by atoms with Crippen molar-refractivity contribution < 1.29 is 9.53 Å². The number of amides is 1. The van der Waals surface area contributed by atoms with Crippen molar-refractivity contribution in [3.63, 3.8) is 0 Å². The number of piperidine rings is 1. The molecule has 1 aromatic heterocycles. The fourth-order valence-corrected chi connectivity index (χ4v) is 3.79. The number of benzene rings is 2. The Hall–Kier alpha value is -2.82. The van der Waals surface area contributed by atoms with Gasteiger partial charge in [-0.3, -0.25) is 4.79 Å². The van der Waals surface area contributed by atoms with Crippen LogP contribution in [-0.4, -0.2) is 40.6 Å². The monoisotopic (exact) mass is 349 g/mol. The first kappa shape index (κ1) is 16.6. The van der Waals surface area contributed by atoms with E-state index in [4.69, 9.17) is 9.72 Å². The number of hydrogen-bond acceptors (Lipinski definition) is 3. The van der Waals surface area contributed by atoms with Crippen LogP contribution in [0.4, 0.5) is 0 Å². The molecule has 0 bridgehead atoms. The summed E-state index contributed by atoms with van der Waals surface area (Å²) in [5, 5.41) is 0. The summed E-state index contributed by atoms with van der Waals surface area (Å²) in [4.78, 5) is 19.5. The third kappa shape index (κ3) is 2.94. The number of para-hydroxylation sites is 2. The van der Waals surface area contributed by atoms with Gasteiger partial charge in [0.25, 0.3) is 5.91 Å². The van der Waals surface area contributed by atoms with Crippen LogP contribution < -0.4 is 4.74 Å². The number of likely N-dealkylation sites (tertiary alicyclic amines) is 1. The molecule has 2 heterocycles. The van der Waals surface area contributed by atoms with Gasteiger partial charge in [0.2, 0.25) is 0 Å². The predicted molar refractivity (Wildman–Crippen MR) is 102 cm³/mol. The molecule has 3 aromatic rings. The zero-order valence-electron chi connectivity index (χ0n) is 15.2. The zero-order valence-corrected chi connectivity index (χ0v) is 15.2. The summed E-state index contributed by atoms with van der Waals surface area (Å²) in [5.41, 5.74) is 2.92. The van der Waals surface area contributed by atoms with Crippen LogP contribution in [0.2, 0.25) is 0 Å². The lowest BCUT2D eigenvalue weighted by molar-refractivity contribution is 0.0710. The maximum Gasteiger partial charge on any atom is 0.253 e. The minimum Gasteiger partial charge on any atom is -0.497 e. The van der Waals surface area contributed by atoms with E-state index in [9.17, 15) is 4.79 Å². The second-order valence-corrected chi connectivity index (χ2v) is 6.81. The first-order valence-corrected chi connectivity index (χ1v) is 9.02. The van der Waals surface area contributed by atoms with Gasteiger partial charge in [0, 0.05) is 31.6 Å². The minimum atomic E-state index is 0.0936. The molecule has 0 atom stereocenters. The van der Waals surface area contributed by atoms with Crippen LogP contribution in [0.1, 0.15) is 34.9 Å². The Morgan fingerprint density at radius 3 is 2.42 bits per heavy atom. The second kappa shape index (κ2) is 6.83. The number of carbonyl (C=O) groups excluding carboxylic acids is 1. The van der Waals surface area contributed by atoms with Gasteiger partial charge in [-0.1, -0.05) is 12.1 Å². The van der Waals surface area contributed by atoms with E-state index >= 15 is 0 Å². The molecule has 1 saturated heterocycles. The Morgan fingerprint density at radius 2 is 1.77 bits per heavy atom. The zero-order chi connectivity index (χ0) is 18.1. The third-order valence-corrected chi connectivity index (χ3v) is 5.31. The van der Waals surface area contributed by atoms with E-state index in [2.05, 4.69) is 23.7 Å². The maximum atomic E-state index is 12.7. The van der Waals surface area contributed by atoms with Crippen molar-refractivity contribution in [2.24, 2.45) is 7.05 Å². The fourth-order valence-electron chi connectivity index (χ4n) is 3.79. The lowest BCUT2D eigenvalue weighted by Gasteiger charge is -2.31. The van der Waals surface area contributed by atoms with Gasteiger partial charge in [-0.05, 0) is 49.2 Å². The Morgan fingerprint density at radius 1 is 1.08 bits per heavy atom. The molecule has 5 nitrogen and oxygen atoms in total. The largest absolute Gasteiger partial charge is 0.497 e. The van der Waals surface area contributed by atoms with E-state index in [0.717, 1.165) is 43.0 Å². The van der Waals surface area contributed by atoms with Crippen LogP contribution in [-0.2, 0) is 7.05 Å². The lowest BCUT2D eigenvalue weighted by atomic mass is 9.95. The number of fused-ring (bicyclic) bond motifs is 1. The molecule has 0 aliphatic carbocycles. The molecule has 0 unspecified atom stereocenters. The van der Waals surface area contributed by atoms with E-state index in [1.807, 2.05) is 41.3 Å².